The Kier molecular flexibility index (Phi) is 4.39. The van der Waals surface area contributed by atoms with Gasteiger partial charge in [-0.1, -0.05) is 30.3 Å². The lowest BCUT2D eigenvalue weighted by Crippen LogP contribution is -2.40. The molecule has 1 aliphatic heterocycles. The Hall–Kier alpha value is -2.66. The third-order valence-electron chi connectivity index (χ3n) is 3.89. The number of benzene rings is 2. The van der Waals surface area contributed by atoms with Crippen molar-refractivity contribution in [3.63, 3.8) is 0 Å². The lowest BCUT2D eigenvalue weighted by Gasteiger charge is -2.28. The highest BCUT2D eigenvalue weighted by atomic mass is 16.3. The van der Waals surface area contributed by atoms with Crippen molar-refractivity contribution in [2.45, 2.75) is 19.4 Å². The van der Waals surface area contributed by atoms with E-state index in [4.69, 9.17) is 5.11 Å². The summed E-state index contributed by atoms with van der Waals surface area (Å²) in [7, 11) is 0. The highest BCUT2D eigenvalue weighted by Crippen LogP contribution is 2.27. The first-order chi connectivity index (χ1) is 11.2. The highest BCUT2D eigenvalue weighted by Gasteiger charge is 2.25. The summed E-state index contributed by atoms with van der Waals surface area (Å²) in [5.74, 6) is -0.298. The number of amides is 2. The maximum atomic E-state index is 12.3. The monoisotopic (exact) mass is 310 g/mol. The van der Waals surface area contributed by atoms with E-state index in [1.165, 1.54) is 4.90 Å². The molecule has 1 heterocycles. The highest BCUT2D eigenvalue weighted by molar-refractivity contribution is 6.04. The first-order valence-electron chi connectivity index (χ1n) is 7.55. The Bertz CT molecular complexity index is 743. The third-order valence-corrected chi connectivity index (χ3v) is 3.89. The Morgan fingerprint density at radius 2 is 1.96 bits per heavy atom. The molecular weight excluding hydrogens is 292 g/mol. The summed E-state index contributed by atoms with van der Waals surface area (Å²) in [6, 6.07) is 14.7. The summed E-state index contributed by atoms with van der Waals surface area (Å²) in [4.78, 5) is 26.0. The number of carbonyl (C=O) groups is 2. The maximum absolute atomic E-state index is 12.3. The van der Waals surface area contributed by atoms with Crippen molar-refractivity contribution in [3.05, 3.63) is 59.7 Å². The average molecular weight is 310 g/mol. The Morgan fingerprint density at radius 3 is 2.78 bits per heavy atom. The fourth-order valence-electron chi connectivity index (χ4n) is 2.76. The van der Waals surface area contributed by atoms with Crippen LogP contribution >= 0.6 is 0 Å². The van der Waals surface area contributed by atoms with Gasteiger partial charge >= 0.3 is 0 Å². The zero-order chi connectivity index (χ0) is 16.2. The molecule has 2 aromatic rings. The zero-order valence-corrected chi connectivity index (χ0v) is 12.7. The van der Waals surface area contributed by atoms with Gasteiger partial charge in [0, 0.05) is 17.8 Å². The Balaban J connectivity index is 1.73. The molecule has 0 atom stereocenters. The Morgan fingerprint density at radius 1 is 1.13 bits per heavy atom. The van der Waals surface area contributed by atoms with Crippen LogP contribution in [0.1, 0.15) is 17.5 Å². The molecule has 5 heteroatoms. The van der Waals surface area contributed by atoms with Crippen molar-refractivity contribution in [1.29, 1.82) is 0 Å². The van der Waals surface area contributed by atoms with E-state index >= 15 is 0 Å². The van der Waals surface area contributed by atoms with E-state index in [1.807, 2.05) is 24.3 Å². The molecule has 118 valence electrons. The van der Waals surface area contributed by atoms with Gasteiger partial charge in [-0.2, -0.15) is 0 Å². The summed E-state index contributed by atoms with van der Waals surface area (Å²) < 4.78 is 0. The van der Waals surface area contributed by atoms with Crippen molar-refractivity contribution in [2.24, 2.45) is 0 Å². The normalized spacial score (nSPS) is 13.6. The quantitative estimate of drug-likeness (QED) is 0.908. The van der Waals surface area contributed by atoms with Crippen LogP contribution in [0.25, 0.3) is 0 Å². The van der Waals surface area contributed by atoms with Crippen molar-refractivity contribution < 1.29 is 14.7 Å². The number of aliphatic hydroxyl groups is 1. The minimum atomic E-state index is -0.259. The second-order valence-corrected chi connectivity index (χ2v) is 5.52. The molecule has 0 unspecified atom stereocenters. The second kappa shape index (κ2) is 6.62. The van der Waals surface area contributed by atoms with Gasteiger partial charge in [-0.15, -0.1) is 0 Å². The van der Waals surface area contributed by atoms with Gasteiger partial charge in [0.05, 0.1) is 6.61 Å². The second-order valence-electron chi connectivity index (χ2n) is 5.52. The van der Waals surface area contributed by atoms with Crippen LogP contribution in [0.2, 0.25) is 0 Å². The molecule has 0 saturated carbocycles. The van der Waals surface area contributed by atoms with Crippen molar-refractivity contribution >= 4 is 23.2 Å². The van der Waals surface area contributed by atoms with Gasteiger partial charge in [-0.25, -0.2) is 0 Å². The molecule has 2 N–H and O–H groups in total. The number of hydrogen-bond acceptors (Lipinski definition) is 3. The van der Waals surface area contributed by atoms with E-state index in [-0.39, 0.29) is 25.0 Å². The number of nitrogens with zero attached hydrogens (tertiary/aromatic N) is 1. The fraction of sp³-hybridized carbons (Fsp3) is 0.222. The van der Waals surface area contributed by atoms with Crippen molar-refractivity contribution in [3.8, 4) is 0 Å². The molecule has 3 rings (SSSR count). The van der Waals surface area contributed by atoms with Crippen LogP contribution in [0.15, 0.2) is 48.5 Å². The van der Waals surface area contributed by atoms with E-state index < -0.39 is 0 Å². The van der Waals surface area contributed by atoms with Gasteiger partial charge in [0.25, 0.3) is 0 Å². The van der Waals surface area contributed by atoms with Gasteiger partial charge in [0.1, 0.15) is 6.54 Å². The van der Waals surface area contributed by atoms with Gasteiger partial charge in [-0.3, -0.25) is 9.59 Å². The standard InChI is InChI=1S/C18H18N2O3/c21-12-13-4-3-6-15(10-13)19-17(22)11-20-16-7-2-1-5-14(16)8-9-18(20)23/h1-7,10,21H,8-9,11-12H2,(H,19,22). The first-order valence-corrected chi connectivity index (χ1v) is 7.55. The van der Waals surface area contributed by atoms with Crippen molar-refractivity contribution in [1.82, 2.24) is 0 Å². The smallest absolute Gasteiger partial charge is 0.244 e. The maximum Gasteiger partial charge on any atom is 0.244 e. The predicted octanol–water partition coefficient (Wildman–Crippen LogP) is 2.10. The predicted molar refractivity (Wildman–Crippen MR) is 88.1 cm³/mol. The van der Waals surface area contributed by atoms with E-state index in [2.05, 4.69) is 5.32 Å². The van der Waals surface area contributed by atoms with Crippen LogP contribution in [0.5, 0.6) is 0 Å². The number of rotatable bonds is 4. The van der Waals surface area contributed by atoms with E-state index in [0.29, 0.717) is 18.5 Å². The van der Waals surface area contributed by atoms with Crippen LogP contribution in [-0.4, -0.2) is 23.5 Å². The molecule has 0 bridgehead atoms. The first kappa shape index (κ1) is 15.2. The summed E-state index contributed by atoms with van der Waals surface area (Å²) in [6.45, 7) is -0.0963. The molecule has 1 aliphatic rings. The van der Waals surface area contributed by atoms with Gasteiger partial charge in [-0.05, 0) is 35.7 Å². The molecular formula is C18H18N2O3. The van der Waals surface area contributed by atoms with Crippen LogP contribution in [-0.2, 0) is 22.6 Å². The summed E-state index contributed by atoms with van der Waals surface area (Å²) >= 11 is 0. The number of nitrogens with one attached hydrogen (secondary N) is 1. The molecule has 0 aliphatic carbocycles. The van der Waals surface area contributed by atoms with Crippen LogP contribution in [0, 0.1) is 0 Å². The van der Waals surface area contributed by atoms with Crippen LogP contribution < -0.4 is 10.2 Å². The minimum absolute atomic E-state index is 0.0147. The number of hydrogen-bond donors (Lipinski definition) is 2. The SMILES string of the molecule is O=C(CN1C(=O)CCc2ccccc21)Nc1cccc(CO)c1. The lowest BCUT2D eigenvalue weighted by molar-refractivity contribution is -0.121. The molecule has 0 fully saturated rings. The Labute approximate surface area is 134 Å². The van der Waals surface area contributed by atoms with Gasteiger partial charge in [0.15, 0.2) is 0 Å². The topological polar surface area (TPSA) is 69.6 Å². The van der Waals surface area contributed by atoms with E-state index in [1.54, 1.807) is 24.3 Å². The number of para-hydroxylation sites is 1. The average Bonchev–Trinajstić information content (AvgIpc) is 2.57. The number of carbonyl (C=O) groups excluding carboxylic acids is 2. The van der Waals surface area contributed by atoms with Crippen LogP contribution in [0.3, 0.4) is 0 Å². The molecule has 2 amide bonds. The number of aliphatic hydroxyl groups excluding tert-OH is 1. The number of anilines is 2. The molecule has 0 saturated heterocycles. The number of fused-ring (bicyclic) bond motifs is 1. The molecule has 0 aromatic heterocycles. The molecule has 0 spiro atoms. The van der Waals surface area contributed by atoms with E-state index in [9.17, 15) is 9.59 Å². The summed E-state index contributed by atoms with van der Waals surface area (Å²) in [5, 5.41) is 11.9. The number of aryl methyl sites for hydroxylation is 1. The van der Waals surface area contributed by atoms with Crippen molar-refractivity contribution in [2.75, 3.05) is 16.8 Å². The summed E-state index contributed by atoms with van der Waals surface area (Å²) in [6.07, 6.45) is 1.13. The molecule has 0 radical (unpaired) electrons. The van der Waals surface area contributed by atoms with Crippen LogP contribution in [0.4, 0.5) is 11.4 Å². The minimum Gasteiger partial charge on any atom is -0.392 e. The third kappa shape index (κ3) is 3.40. The molecule has 2 aromatic carbocycles. The zero-order valence-electron chi connectivity index (χ0n) is 12.7. The largest absolute Gasteiger partial charge is 0.392 e. The fourth-order valence-corrected chi connectivity index (χ4v) is 2.76. The van der Waals surface area contributed by atoms with Gasteiger partial charge < -0.3 is 15.3 Å². The molecule has 5 nitrogen and oxygen atoms in total. The summed E-state index contributed by atoms with van der Waals surface area (Å²) in [5.41, 5.74) is 3.23. The van der Waals surface area contributed by atoms with Gasteiger partial charge in [0.2, 0.25) is 11.8 Å². The lowest BCUT2D eigenvalue weighted by atomic mass is 10.0. The van der Waals surface area contributed by atoms with E-state index in [0.717, 1.165) is 16.8 Å². The molecule has 23 heavy (non-hydrogen) atoms.